The maximum absolute atomic E-state index is 11.3. The molecule has 2 fully saturated rings. The molecule has 0 radical (unpaired) electrons. The summed E-state index contributed by atoms with van der Waals surface area (Å²) in [4.78, 5) is 13.4. The molecule has 0 aromatic carbocycles. The number of nitrogens with zero attached hydrogens (tertiary/aromatic N) is 1. The third-order valence-electron chi connectivity index (χ3n) is 3.73. The maximum Gasteiger partial charge on any atom is 0.323 e. The van der Waals surface area contributed by atoms with Gasteiger partial charge in [0.25, 0.3) is 0 Å². The van der Waals surface area contributed by atoms with Crippen LogP contribution in [0.2, 0.25) is 0 Å². The number of carboxylic acids is 1. The number of hydrogen-bond donors (Lipinski definition) is 1. The summed E-state index contributed by atoms with van der Waals surface area (Å²) in [6, 6.07) is 0.308. The molecular formula is C11H19NO3. The van der Waals surface area contributed by atoms with Gasteiger partial charge < -0.3 is 9.84 Å². The van der Waals surface area contributed by atoms with Crippen molar-refractivity contribution < 1.29 is 14.6 Å². The fourth-order valence-corrected chi connectivity index (χ4v) is 2.77. The van der Waals surface area contributed by atoms with Crippen LogP contribution in [0.1, 0.15) is 32.6 Å². The van der Waals surface area contributed by atoms with Gasteiger partial charge in [-0.15, -0.1) is 0 Å². The first-order chi connectivity index (χ1) is 7.14. The van der Waals surface area contributed by atoms with E-state index < -0.39 is 11.5 Å². The van der Waals surface area contributed by atoms with Crippen LogP contribution in [0.15, 0.2) is 0 Å². The Morgan fingerprint density at radius 3 is 2.93 bits per heavy atom. The highest BCUT2D eigenvalue weighted by Crippen LogP contribution is 2.33. The number of carboxylic acid groups (broad SMARTS) is 1. The molecule has 2 unspecified atom stereocenters. The van der Waals surface area contributed by atoms with Gasteiger partial charge in [-0.3, -0.25) is 9.69 Å². The molecule has 2 atom stereocenters. The van der Waals surface area contributed by atoms with Crippen LogP contribution in [0.4, 0.5) is 0 Å². The van der Waals surface area contributed by atoms with Crippen LogP contribution in [0, 0.1) is 0 Å². The van der Waals surface area contributed by atoms with E-state index in [-0.39, 0.29) is 0 Å². The van der Waals surface area contributed by atoms with Crippen LogP contribution in [-0.2, 0) is 9.53 Å². The Kier molecular flexibility index (Phi) is 2.98. The highest BCUT2D eigenvalue weighted by molar-refractivity contribution is 5.78. The zero-order valence-electron chi connectivity index (χ0n) is 9.24. The molecule has 0 saturated carbocycles. The van der Waals surface area contributed by atoms with E-state index in [1.165, 1.54) is 0 Å². The van der Waals surface area contributed by atoms with Crippen molar-refractivity contribution in [2.45, 2.75) is 44.2 Å². The fourth-order valence-electron chi connectivity index (χ4n) is 2.77. The van der Waals surface area contributed by atoms with Crippen LogP contribution in [0.25, 0.3) is 0 Å². The first kappa shape index (κ1) is 10.9. The standard InChI is InChI=1S/C11H19NO3/c1-11(10(13)14)5-3-6-12(11)9-4-2-7-15-8-9/h9H,2-8H2,1H3,(H,13,14). The van der Waals surface area contributed by atoms with Crippen LogP contribution in [0.5, 0.6) is 0 Å². The van der Waals surface area contributed by atoms with Gasteiger partial charge in [0, 0.05) is 12.6 Å². The Morgan fingerprint density at radius 2 is 2.33 bits per heavy atom. The summed E-state index contributed by atoms with van der Waals surface area (Å²) in [6.07, 6.45) is 3.87. The average molecular weight is 213 g/mol. The molecule has 4 heteroatoms. The topological polar surface area (TPSA) is 49.8 Å². The second kappa shape index (κ2) is 4.10. The first-order valence-electron chi connectivity index (χ1n) is 5.72. The molecular weight excluding hydrogens is 194 g/mol. The van der Waals surface area contributed by atoms with Crippen molar-refractivity contribution in [2.75, 3.05) is 19.8 Å². The number of ether oxygens (including phenoxy) is 1. The van der Waals surface area contributed by atoms with Gasteiger partial charge in [0.2, 0.25) is 0 Å². The summed E-state index contributed by atoms with van der Waals surface area (Å²) in [5.74, 6) is -0.689. The second-order valence-electron chi connectivity index (χ2n) is 4.75. The van der Waals surface area contributed by atoms with Crippen molar-refractivity contribution in [1.82, 2.24) is 4.90 Å². The second-order valence-corrected chi connectivity index (χ2v) is 4.75. The van der Waals surface area contributed by atoms with Gasteiger partial charge in [-0.05, 0) is 39.2 Å². The molecule has 0 aliphatic carbocycles. The molecule has 0 amide bonds. The molecule has 0 spiro atoms. The van der Waals surface area contributed by atoms with E-state index in [1.54, 1.807) is 0 Å². The zero-order chi connectivity index (χ0) is 10.9. The summed E-state index contributed by atoms with van der Waals surface area (Å²) in [7, 11) is 0. The molecule has 2 saturated heterocycles. The lowest BCUT2D eigenvalue weighted by atomic mass is 9.96. The third-order valence-corrected chi connectivity index (χ3v) is 3.73. The Hall–Kier alpha value is -0.610. The molecule has 4 nitrogen and oxygen atoms in total. The van der Waals surface area contributed by atoms with Crippen LogP contribution >= 0.6 is 0 Å². The minimum Gasteiger partial charge on any atom is -0.480 e. The van der Waals surface area contributed by atoms with Crippen LogP contribution in [-0.4, -0.2) is 47.3 Å². The molecule has 2 heterocycles. The first-order valence-corrected chi connectivity index (χ1v) is 5.72. The molecule has 86 valence electrons. The van der Waals surface area contributed by atoms with Gasteiger partial charge in [0.15, 0.2) is 0 Å². The van der Waals surface area contributed by atoms with Crippen molar-refractivity contribution >= 4 is 5.97 Å². The molecule has 2 rings (SSSR count). The molecule has 2 aliphatic heterocycles. The summed E-state index contributed by atoms with van der Waals surface area (Å²) in [5.41, 5.74) is -0.661. The predicted molar refractivity (Wildman–Crippen MR) is 55.8 cm³/mol. The summed E-state index contributed by atoms with van der Waals surface area (Å²) < 4.78 is 5.43. The van der Waals surface area contributed by atoms with Crippen molar-refractivity contribution in [1.29, 1.82) is 0 Å². The Labute approximate surface area is 90.2 Å². The highest BCUT2D eigenvalue weighted by Gasteiger charge is 2.46. The number of aliphatic carboxylic acids is 1. The normalized spacial score (nSPS) is 38.1. The lowest BCUT2D eigenvalue weighted by molar-refractivity contribution is -0.151. The number of hydrogen-bond acceptors (Lipinski definition) is 3. The van der Waals surface area contributed by atoms with Crippen LogP contribution in [0.3, 0.4) is 0 Å². The van der Waals surface area contributed by atoms with Gasteiger partial charge in [0.1, 0.15) is 5.54 Å². The summed E-state index contributed by atoms with van der Waals surface area (Å²) >= 11 is 0. The summed E-state index contributed by atoms with van der Waals surface area (Å²) in [5, 5.41) is 9.29. The van der Waals surface area contributed by atoms with Gasteiger partial charge >= 0.3 is 5.97 Å². The van der Waals surface area contributed by atoms with E-state index in [4.69, 9.17) is 4.74 Å². The van der Waals surface area contributed by atoms with Gasteiger partial charge in [0.05, 0.1) is 6.61 Å². The number of rotatable bonds is 2. The lowest BCUT2D eigenvalue weighted by Crippen LogP contribution is -2.54. The fraction of sp³-hybridized carbons (Fsp3) is 0.909. The summed E-state index contributed by atoms with van der Waals surface area (Å²) in [6.45, 7) is 4.27. The molecule has 0 bridgehead atoms. The van der Waals surface area contributed by atoms with E-state index in [0.29, 0.717) is 12.6 Å². The van der Waals surface area contributed by atoms with Crippen molar-refractivity contribution in [2.24, 2.45) is 0 Å². The van der Waals surface area contributed by atoms with Crippen LogP contribution < -0.4 is 0 Å². The molecule has 15 heavy (non-hydrogen) atoms. The van der Waals surface area contributed by atoms with E-state index in [9.17, 15) is 9.90 Å². The predicted octanol–water partition coefficient (Wildman–Crippen LogP) is 1.10. The van der Waals surface area contributed by atoms with Gasteiger partial charge in [-0.25, -0.2) is 0 Å². The van der Waals surface area contributed by atoms with Gasteiger partial charge in [-0.1, -0.05) is 0 Å². The van der Waals surface area contributed by atoms with E-state index in [2.05, 4.69) is 4.90 Å². The van der Waals surface area contributed by atoms with Crippen molar-refractivity contribution in [3.8, 4) is 0 Å². The van der Waals surface area contributed by atoms with Gasteiger partial charge in [-0.2, -0.15) is 0 Å². The van der Waals surface area contributed by atoms with E-state index >= 15 is 0 Å². The number of likely N-dealkylation sites (tertiary alicyclic amines) is 1. The Balaban J connectivity index is 2.09. The SMILES string of the molecule is CC1(C(=O)O)CCCN1C1CCCOC1. The minimum atomic E-state index is -0.689. The Bertz CT molecular complexity index is 250. The molecule has 0 aromatic heterocycles. The highest BCUT2D eigenvalue weighted by atomic mass is 16.5. The minimum absolute atomic E-state index is 0.308. The lowest BCUT2D eigenvalue weighted by Gasteiger charge is -2.39. The monoisotopic (exact) mass is 213 g/mol. The van der Waals surface area contributed by atoms with E-state index in [0.717, 1.165) is 38.8 Å². The molecule has 2 aliphatic rings. The molecule has 1 N–H and O–H groups in total. The third kappa shape index (κ3) is 1.88. The van der Waals surface area contributed by atoms with Crippen molar-refractivity contribution in [3.05, 3.63) is 0 Å². The maximum atomic E-state index is 11.3. The van der Waals surface area contributed by atoms with E-state index in [1.807, 2.05) is 6.92 Å². The average Bonchev–Trinajstić information content (AvgIpc) is 2.63. The quantitative estimate of drug-likeness (QED) is 0.746. The smallest absolute Gasteiger partial charge is 0.323 e. The molecule has 0 aromatic rings. The largest absolute Gasteiger partial charge is 0.480 e. The Morgan fingerprint density at radius 1 is 1.53 bits per heavy atom. The number of carbonyl (C=O) groups is 1. The van der Waals surface area contributed by atoms with Crippen molar-refractivity contribution in [3.63, 3.8) is 0 Å². The zero-order valence-corrected chi connectivity index (χ0v) is 9.24.